The summed E-state index contributed by atoms with van der Waals surface area (Å²) < 4.78 is 11.0. The van der Waals surface area contributed by atoms with Crippen LogP contribution in [0.1, 0.15) is 148 Å². The third-order valence-electron chi connectivity index (χ3n) is 7.88. The molecule has 3 heterocycles. The Morgan fingerprint density at radius 2 is 1.65 bits per heavy atom. The molecule has 0 saturated carbocycles. The number of nitrogens with one attached hydrogen (secondary N) is 1. The molecule has 4 rings (SSSR count). The predicted octanol–water partition coefficient (Wildman–Crippen LogP) is 9.35. The van der Waals surface area contributed by atoms with E-state index in [1.165, 1.54) is 42.6 Å². The fraction of sp³-hybridized carbons (Fsp3) is 0.732. The summed E-state index contributed by atoms with van der Waals surface area (Å²) in [6, 6.07) is 0. The number of rotatable bonds is 10. The minimum Gasteiger partial charge on any atom is -0.481 e. The lowest BCUT2D eigenvalue weighted by atomic mass is 9.79. The van der Waals surface area contributed by atoms with Crippen LogP contribution >= 0.6 is 0 Å². The number of aldehydes is 1. The first kappa shape index (κ1) is 50.5. The largest absolute Gasteiger partial charge is 0.481 e. The fourth-order valence-electron chi connectivity index (χ4n) is 5.54. The zero-order valence-electron chi connectivity index (χ0n) is 34.1. The first-order valence-electron chi connectivity index (χ1n) is 19.0. The lowest BCUT2D eigenvalue weighted by Gasteiger charge is -2.28. The summed E-state index contributed by atoms with van der Waals surface area (Å²) in [4.78, 5) is 33.7. The number of quaternary nitrogens is 1. The summed E-state index contributed by atoms with van der Waals surface area (Å²) in [6.07, 6.45) is 21.7. The average molecular weight is 694 g/mol. The number of allylic oxidation sites excluding steroid dienone is 4. The number of hydrogen-bond acceptors (Lipinski definition) is 5. The van der Waals surface area contributed by atoms with Crippen molar-refractivity contribution in [3.63, 3.8) is 0 Å². The normalized spacial score (nSPS) is 20.0. The van der Waals surface area contributed by atoms with E-state index in [0.29, 0.717) is 43.3 Å². The summed E-state index contributed by atoms with van der Waals surface area (Å²) in [7, 11) is 2.10. The van der Waals surface area contributed by atoms with E-state index >= 15 is 0 Å². The molecule has 4 aliphatic rings. The smallest absolute Gasteiger partial charge is 0.300 e. The Morgan fingerprint density at radius 3 is 2.02 bits per heavy atom. The topological polar surface area (TPSA) is 97.6 Å². The van der Waals surface area contributed by atoms with Crippen LogP contribution < -0.4 is 4.90 Å². The highest BCUT2D eigenvalue weighted by molar-refractivity contribution is 5.79. The van der Waals surface area contributed by atoms with Crippen LogP contribution in [0.15, 0.2) is 47.7 Å². The van der Waals surface area contributed by atoms with Crippen molar-refractivity contribution in [3.05, 3.63) is 47.7 Å². The van der Waals surface area contributed by atoms with Gasteiger partial charge >= 0.3 is 0 Å². The Labute approximate surface area is 302 Å². The molecule has 8 nitrogen and oxygen atoms in total. The molecule has 2 fully saturated rings. The van der Waals surface area contributed by atoms with Crippen LogP contribution in [0, 0.1) is 23.2 Å². The first-order valence-corrected chi connectivity index (χ1v) is 19.0. The highest BCUT2D eigenvalue weighted by Crippen LogP contribution is 2.37. The maximum atomic E-state index is 12.1. The molecule has 0 aromatic carbocycles. The molecule has 49 heavy (non-hydrogen) atoms. The molecular formula is C41H77N2O6+. The number of nitrogens with zero attached hydrogens (tertiary/aromatic N) is 1. The van der Waals surface area contributed by atoms with Gasteiger partial charge < -0.3 is 24.3 Å². The second-order valence-corrected chi connectivity index (χ2v) is 13.3. The lowest BCUT2D eigenvalue weighted by molar-refractivity contribution is -0.763. The van der Waals surface area contributed by atoms with Crippen molar-refractivity contribution in [1.82, 2.24) is 4.90 Å². The number of carboxylic acid groups (broad SMARTS) is 1. The minimum absolute atomic E-state index is 0.147. The molecule has 286 valence electrons. The van der Waals surface area contributed by atoms with Gasteiger partial charge in [0, 0.05) is 38.4 Å². The van der Waals surface area contributed by atoms with Crippen molar-refractivity contribution in [2.24, 2.45) is 23.2 Å². The van der Waals surface area contributed by atoms with E-state index in [-0.39, 0.29) is 5.41 Å². The molecule has 0 bridgehead atoms. The molecule has 1 aliphatic carbocycles. The average Bonchev–Trinajstić information content (AvgIpc) is 3.78. The zero-order chi connectivity index (χ0) is 38.4. The highest BCUT2D eigenvalue weighted by Gasteiger charge is 2.35. The van der Waals surface area contributed by atoms with Crippen molar-refractivity contribution in [2.45, 2.75) is 148 Å². The molecule has 4 atom stereocenters. The number of carboxylic acids is 1. The van der Waals surface area contributed by atoms with E-state index in [2.05, 4.69) is 91.0 Å². The van der Waals surface area contributed by atoms with Gasteiger partial charge in [-0.15, -0.1) is 0 Å². The van der Waals surface area contributed by atoms with Gasteiger partial charge in [-0.25, -0.2) is 0 Å². The monoisotopic (exact) mass is 694 g/mol. The summed E-state index contributed by atoms with van der Waals surface area (Å²) in [5.41, 5.74) is 1.51. The quantitative estimate of drug-likeness (QED) is 0.221. The van der Waals surface area contributed by atoms with Gasteiger partial charge in [-0.3, -0.25) is 14.5 Å². The van der Waals surface area contributed by atoms with Gasteiger partial charge in [0.1, 0.15) is 12.5 Å². The second kappa shape index (κ2) is 31.1. The number of hydrogen-bond donors (Lipinski definition) is 2. The number of carbonyl (C=O) groups excluding carboxylic acids is 2. The van der Waals surface area contributed by atoms with Gasteiger partial charge in [-0.05, 0) is 67.6 Å². The van der Waals surface area contributed by atoms with E-state index < -0.39 is 5.97 Å². The molecule has 2 saturated heterocycles. The van der Waals surface area contributed by atoms with Gasteiger partial charge in [0.25, 0.3) is 5.97 Å². The molecule has 8 heteroatoms. The zero-order valence-corrected chi connectivity index (χ0v) is 34.1. The fourth-order valence-corrected chi connectivity index (χ4v) is 5.54. The van der Waals surface area contributed by atoms with Crippen molar-refractivity contribution in [2.75, 3.05) is 26.9 Å². The Balaban J connectivity index is -0.000000717. The Bertz CT molecular complexity index is 992. The molecular weight excluding hydrogens is 616 g/mol. The number of aliphatic carboxylic acids is 1. The summed E-state index contributed by atoms with van der Waals surface area (Å²) in [5.74, 6) is 3.19. The van der Waals surface area contributed by atoms with Crippen LogP contribution in [0.3, 0.4) is 0 Å². The molecule has 2 N–H and O–H groups in total. The van der Waals surface area contributed by atoms with Crippen LogP contribution in [0.25, 0.3) is 0 Å². The van der Waals surface area contributed by atoms with Crippen molar-refractivity contribution < 1.29 is 33.9 Å². The molecule has 0 radical (unpaired) electrons. The van der Waals surface area contributed by atoms with E-state index in [9.17, 15) is 9.59 Å². The molecule has 0 aromatic heterocycles. The summed E-state index contributed by atoms with van der Waals surface area (Å²) >= 11 is 0. The van der Waals surface area contributed by atoms with Crippen LogP contribution in [0.4, 0.5) is 0 Å². The first-order chi connectivity index (χ1) is 23.2. The van der Waals surface area contributed by atoms with Crippen LogP contribution in [0.2, 0.25) is 0 Å². The standard InChI is InChI=1S/C21H33NO3.C6H9N.C5H12.C3H6O.C2H4O2.2C2H6/c1-5-16(17-6-7-18-19(11-17)25-14-24-18)10-15(2)8-9-22-13-21(3,4)12-20(22)23;1-6-3-4-7(2)5-6;1-3-5-4-2;1-2-3-4;1-2(3)4;2*1-2/h7,11,15-17H,5-6,8-10,12-14H2,1-4H3;3-5H,1-2H3;3-5H2,1-2H3;3H,2H2,1H3;1H3,(H,3,4);2*1-2H3/p+1. The maximum Gasteiger partial charge on any atom is 0.300 e. The van der Waals surface area contributed by atoms with Gasteiger partial charge in [0.15, 0.2) is 11.5 Å². The maximum absolute atomic E-state index is 12.1. The number of carbonyl (C=O) groups is 3. The van der Waals surface area contributed by atoms with Gasteiger partial charge in [0.05, 0.1) is 13.2 Å². The summed E-state index contributed by atoms with van der Waals surface area (Å²) in [5, 5.41) is 7.42. The third-order valence-corrected chi connectivity index (χ3v) is 7.88. The molecule has 0 spiro atoms. The van der Waals surface area contributed by atoms with Crippen LogP contribution in [-0.4, -0.2) is 55.1 Å². The van der Waals surface area contributed by atoms with Gasteiger partial charge in [-0.1, -0.05) is 102 Å². The Hall–Kier alpha value is -2.87. The number of fused-ring (bicyclic) bond motifs is 1. The highest BCUT2D eigenvalue weighted by atomic mass is 16.7. The van der Waals surface area contributed by atoms with E-state index in [1.807, 2.05) is 34.6 Å². The SMILES string of the molecule is CC.CC.CC(=O)O.CC1=C[NH+](C)C=C1.CCC(CC(C)CCN1CC(C)(C)CC1=O)C1C=C2OCOC2=CC1.CCC=O.CCCCC. The number of likely N-dealkylation sites (tertiary alicyclic amines) is 1. The van der Waals surface area contributed by atoms with E-state index in [0.717, 1.165) is 50.7 Å². The summed E-state index contributed by atoms with van der Waals surface area (Å²) in [6.45, 7) is 28.6. The van der Waals surface area contributed by atoms with E-state index in [4.69, 9.17) is 19.4 Å². The van der Waals surface area contributed by atoms with Crippen molar-refractivity contribution in [1.29, 1.82) is 0 Å². The van der Waals surface area contributed by atoms with Gasteiger partial charge in [0.2, 0.25) is 12.7 Å². The second-order valence-electron chi connectivity index (χ2n) is 13.3. The third kappa shape index (κ3) is 25.7. The number of unbranched alkanes of at least 4 members (excludes halogenated alkanes) is 2. The Kier molecular flexibility index (Phi) is 32.1. The molecule has 4 unspecified atom stereocenters. The van der Waals surface area contributed by atoms with Crippen LogP contribution in [0.5, 0.6) is 0 Å². The lowest BCUT2D eigenvalue weighted by Crippen LogP contribution is -2.98. The molecule has 0 aromatic rings. The number of ether oxygens (including phenoxy) is 2. The van der Waals surface area contributed by atoms with Crippen molar-refractivity contribution in [3.8, 4) is 0 Å². The number of amides is 1. The van der Waals surface area contributed by atoms with E-state index in [1.54, 1.807) is 0 Å². The molecule has 3 aliphatic heterocycles. The van der Waals surface area contributed by atoms with Gasteiger partial charge in [-0.2, -0.15) is 0 Å². The predicted molar refractivity (Wildman–Crippen MR) is 206 cm³/mol. The minimum atomic E-state index is -0.833. The Morgan fingerprint density at radius 1 is 1.10 bits per heavy atom. The molecule has 1 amide bonds. The van der Waals surface area contributed by atoms with Crippen LogP contribution in [-0.2, 0) is 23.9 Å². The van der Waals surface area contributed by atoms with Crippen molar-refractivity contribution >= 4 is 18.2 Å².